The van der Waals surface area contributed by atoms with Gasteiger partial charge in [-0.25, -0.2) is 0 Å². The zero-order chi connectivity index (χ0) is 15.0. The highest BCUT2D eigenvalue weighted by atomic mass is 32.2. The molecule has 0 saturated carbocycles. The summed E-state index contributed by atoms with van der Waals surface area (Å²) in [5, 5.41) is 12.3. The van der Waals surface area contributed by atoms with Gasteiger partial charge in [0.25, 0.3) is 0 Å². The number of esters is 1. The normalized spacial score (nSPS) is 14.0. The Balaban J connectivity index is 2.40. The van der Waals surface area contributed by atoms with E-state index < -0.39 is 5.54 Å². The quantitative estimate of drug-likeness (QED) is 0.429. The molecule has 0 aliphatic carbocycles. The van der Waals surface area contributed by atoms with E-state index in [4.69, 9.17) is 4.74 Å². The Morgan fingerprint density at radius 1 is 1.45 bits per heavy atom. The maximum Gasteiger partial charge on any atom is 0.326 e. The highest BCUT2D eigenvalue weighted by molar-refractivity contribution is 8.01. The maximum absolute atomic E-state index is 12.0. The number of thioether (sulfide) groups is 1. The van der Waals surface area contributed by atoms with Crippen LogP contribution in [0.15, 0.2) is 4.34 Å². The fourth-order valence-corrected chi connectivity index (χ4v) is 3.69. The smallest absolute Gasteiger partial charge is 0.326 e. The van der Waals surface area contributed by atoms with Gasteiger partial charge in [0.1, 0.15) is 10.5 Å². The van der Waals surface area contributed by atoms with Crippen LogP contribution < -0.4 is 5.32 Å². The second-order valence-corrected chi connectivity index (χ2v) is 7.15. The van der Waals surface area contributed by atoms with Crippen molar-refractivity contribution in [1.29, 1.82) is 0 Å². The first kappa shape index (κ1) is 17.4. The third-order valence-corrected chi connectivity index (χ3v) is 4.91. The lowest BCUT2D eigenvalue weighted by Crippen LogP contribution is -2.50. The molecule has 20 heavy (non-hydrogen) atoms. The fraction of sp³-hybridized carbons (Fsp3) is 0.769. The summed E-state index contributed by atoms with van der Waals surface area (Å²) >= 11 is 3.29. The van der Waals surface area contributed by atoms with Gasteiger partial charge in [0.2, 0.25) is 0 Å². The number of likely N-dealkylation sites (N-methyl/N-ethyl adjacent to an activating group) is 1. The number of hydrogen-bond acceptors (Lipinski definition) is 7. The second kappa shape index (κ2) is 8.59. The number of aromatic nitrogens is 2. The third-order valence-electron chi connectivity index (χ3n) is 2.85. The number of ether oxygens (including phenoxy) is 1. The monoisotopic (exact) mass is 317 g/mol. The Labute approximate surface area is 128 Å². The lowest BCUT2D eigenvalue weighted by Gasteiger charge is -2.28. The Kier molecular flexibility index (Phi) is 7.47. The topological polar surface area (TPSA) is 64.1 Å². The van der Waals surface area contributed by atoms with Crippen molar-refractivity contribution in [2.24, 2.45) is 0 Å². The number of nitrogens with one attached hydrogen (secondary N) is 1. The summed E-state index contributed by atoms with van der Waals surface area (Å²) in [5.41, 5.74) is -0.595. The molecule has 1 heterocycles. The van der Waals surface area contributed by atoms with Crippen molar-refractivity contribution in [2.45, 2.75) is 50.4 Å². The largest absolute Gasteiger partial charge is 0.465 e. The van der Waals surface area contributed by atoms with Gasteiger partial charge >= 0.3 is 5.97 Å². The van der Waals surface area contributed by atoms with Crippen LogP contribution in [-0.2, 0) is 9.53 Å². The number of carbonyl (C=O) groups is 1. The standard InChI is InChI=1S/C13H23N3O2S2/c1-5-14-13(4,11(17)18-6-2)8-7-9-19-12-16-15-10(3)20-12/h14H,5-9H2,1-4H3. The summed E-state index contributed by atoms with van der Waals surface area (Å²) in [6.45, 7) is 8.85. The highest BCUT2D eigenvalue weighted by Crippen LogP contribution is 2.24. The van der Waals surface area contributed by atoms with Crippen LogP contribution in [0.4, 0.5) is 0 Å². The van der Waals surface area contributed by atoms with Crippen LogP contribution in [0, 0.1) is 6.92 Å². The van der Waals surface area contributed by atoms with Crippen LogP contribution in [0.3, 0.4) is 0 Å². The minimum atomic E-state index is -0.595. The molecule has 1 aromatic heterocycles. The lowest BCUT2D eigenvalue weighted by molar-refractivity contribution is -0.150. The minimum absolute atomic E-state index is 0.168. The molecule has 1 rings (SSSR count). The molecule has 1 atom stereocenters. The Morgan fingerprint density at radius 2 is 2.20 bits per heavy atom. The van der Waals surface area contributed by atoms with Crippen LogP contribution in [0.5, 0.6) is 0 Å². The zero-order valence-corrected chi connectivity index (χ0v) is 14.2. The fourth-order valence-electron chi connectivity index (χ4n) is 1.87. The molecule has 0 aromatic carbocycles. The van der Waals surface area contributed by atoms with Gasteiger partial charge in [0, 0.05) is 5.75 Å². The predicted octanol–water partition coefficient (Wildman–Crippen LogP) is 2.65. The van der Waals surface area contributed by atoms with Crippen molar-refractivity contribution in [2.75, 3.05) is 18.9 Å². The number of rotatable bonds is 9. The molecule has 0 saturated heterocycles. The van der Waals surface area contributed by atoms with Crippen molar-refractivity contribution in [3.63, 3.8) is 0 Å². The molecule has 1 N–H and O–H groups in total. The minimum Gasteiger partial charge on any atom is -0.465 e. The number of hydrogen-bond donors (Lipinski definition) is 1. The first-order chi connectivity index (χ1) is 9.51. The van der Waals surface area contributed by atoms with Crippen LogP contribution in [0.2, 0.25) is 0 Å². The van der Waals surface area contributed by atoms with Crippen LogP contribution in [0.25, 0.3) is 0 Å². The second-order valence-electron chi connectivity index (χ2n) is 4.62. The number of carbonyl (C=O) groups excluding carboxylic acids is 1. The van der Waals surface area contributed by atoms with E-state index in [0.717, 1.165) is 34.5 Å². The Bertz CT molecular complexity index is 426. The van der Waals surface area contributed by atoms with E-state index in [1.165, 1.54) is 0 Å². The first-order valence-electron chi connectivity index (χ1n) is 6.87. The van der Waals surface area contributed by atoms with Crippen LogP contribution in [0.1, 0.15) is 38.6 Å². The third kappa shape index (κ3) is 5.38. The molecule has 0 fully saturated rings. The van der Waals surface area contributed by atoms with Gasteiger partial charge in [-0.05, 0) is 40.2 Å². The van der Waals surface area contributed by atoms with Crippen molar-refractivity contribution < 1.29 is 9.53 Å². The SMILES string of the molecule is CCNC(C)(CCCSc1nnc(C)s1)C(=O)OCC. The predicted molar refractivity (Wildman–Crippen MR) is 83.3 cm³/mol. The Hall–Kier alpha value is -0.660. The van der Waals surface area contributed by atoms with Crippen molar-refractivity contribution in [1.82, 2.24) is 15.5 Å². The van der Waals surface area contributed by atoms with Crippen molar-refractivity contribution >= 4 is 29.1 Å². The molecule has 0 amide bonds. The van der Waals surface area contributed by atoms with Crippen molar-refractivity contribution in [3.05, 3.63) is 5.01 Å². The molecule has 5 nitrogen and oxygen atoms in total. The maximum atomic E-state index is 12.0. The molecule has 7 heteroatoms. The van der Waals surface area contributed by atoms with Gasteiger partial charge in [-0.2, -0.15) is 0 Å². The average molecular weight is 317 g/mol. The Morgan fingerprint density at radius 3 is 2.75 bits per heavy atom. The van der Waals surface area contributed by atoms with Gasteiger partial charge < -0.3 is 10.1 Å². The molecule has 0 radical (unpaired) electrons. The summed E-state index contributed by atoms with van der Waals surface area (Å²) in [4.78, 5) is 12.0. The summed E-state index contributed by atoms with van der Waals surface area (Å²) in [7, 11) is 0. The molecule has 0 aliphatic heterocycles. The first-order valence-corrected chi connectivity index (χ1v) is 8.67. The van der Waals surface area contributed by atoms with E-state index in [9.17, 15) is 4.79 Å². The molecular formula is C13H23N3O2S2. The van der Waals surface area contributed by atoms with Gasteiger partial charge in [-0.1, -0.05) is 30.0 Å². The molecule has 0 spiro atoms. The van der Waals surface area contributed by atoms with Gasteiger partial charge in [-0.15, -0.1) is 10.2 Å². The van der Waals surface area contributed by atoms with Crippen LogP contribution >= 0.6 is 23.1 Å². The summed E-state index contributed by atoms with van der Waals surface area (Å²) in [5.74, 6) is 0.758. The lowest BCUT2D eigenvalue weighted by atomic mass is 9.96. The zero-order valence-electron chi connectivity index (χ0n) is 12.6. The average Bonchev–Trinajstić information content (AvgIpc) is 2.81. The van der Waals surface area contributed by atoms with Crippen LogP contribution in [-0.4, -0.2) is 40.6 Å². The van der Waals surface area contributed by atoms with Gasteiger partial charge in [0.15, 0.2) is 4.34 Å². The molecular weight excluding hydrogens is 294 g/mol. The van der Waals surface area contributed by atoms with E-state index >= 15 is 0 Å². The molecule has 0 bridgehead atoms. The summed E-state index contributed by atoms with van der Waals surface area (Å²) in [6, 6.07) is 0. The van der Waals surface area contributed by atoms with E-state index in [0.29, 0.717) is 6.61 Å². The highest BCUT2D eigenvalue weighted by Gasteiger charge is 2.33. The number of nitrogens with zero attached hydrogens (tertiary/aromatic N) is 2. The van der Waals surface area contributed by atoms with E-state index in [1.54, 1.807) is 23.1 Å². The number of aryl methyl sites for hydroxylation is 1. The summed E-state index contributed by atoms with van der Waals surface area (Å²) in [6.07, 6.45) is 1.68. The van der Waals surface area contributed by atoms with E-state index in [-0.39, 0.29) is 5.97 Å². The molecule has 0 aliphatic rings. The van der Waals surface area contributed by atoms with E-state index in [2.05, 4.69) is 15.5 Å². The molecule has 114 valence electrons. The molecule has 1 aromatic rings. The molecule has 1 unspecified atom stereocenters. The van der Waals surface area contributed by atoms with E-state index in [1.807, 2.05) is 27.7 Å². The van der Waals surface area contributed by atoms with Gasteiger partial charge in [-0.3, -0.25) is 4.79 Å². The van der Waals surface area contributed by atoms with Crippen molar-refractivity contribution in [3.8, 4) is 0 Å². The summed E-state index contributed by atoms with van der Waals surface area (Å²) < 4.78 is 6.14. The van der Waals surface area contributed by atoms with Gasteiger partial charge in [0.05, 0.1) is 6.61 Å².